The van der Waals surface area contributed by atoms with Gasteiger partial charge in [-0.15, -0.1) is 0 Å². The Hall–Kier alpha value is -1.27. The fraction of sp³-hybridized carbons (Fsp3) is 0.462. The maximum absolute atomic E-state index is 12.5. The van der Waals surface area contributed by atoms with Gasteiger partial charge in [-0.05, 0) is 31.0 Å². The van der Waals surface area contributed by atoms with Crippen LogP contribution in [0.5, 0.6) is 0 Å². The Kier molecular flexibility index (Phi) is 5.83. The number of aliphatic carboxylic acids is 1. The van der Waals surface area contributed by atoms with Crippen molar-refractivity contribution in [2.75, 3.05) is 13.1 Å². The number of carboxylic acid groups (broad SMARTS) is 1. The maximum Gasteiger partial charge on any atom is 0.401 e. The molecule has 0 saturated carbocycles. The Morgan fingerprint density at radius 3 is 2.35 bits per heavy atom. The highest BCUT2D eigenvalue weighted by Crippen LogP contribution is 2.20. The first-order valence-electron chi connectivity index (χ1n) is 5.94. The molecule has 0 aliphatic heterocycles. The summed E-state index contributed by atoms with van der Waals surface area (Å²) in [6, 6.07) is 6.18. The molecular weight excluding hydrogens is 295 g/mol. The molecule has 0 bridgehead atoms. The fourth-order valence-electron chi connectivity index (χ4n) is 1.86. The minimum Gasteiger partial charge on any atom is -0.480 e. The van der Waals surface area contributed by atoms with Gasteiger partial charge in [0, 0.05) is 11.1 Å². The molecular formula is C13H15ClF3NO2. The lowest BCUT2D eigenvalue weighted by Gasteiger charge is -2.28. The highest BCUT2D eigenvalue weighted by molar-refractivity contribution is 6.30. The minimum absolute atomic E-state index is 0.320. The molecule has 0 aliphatic rings. The summed E-state index contributed by atoms with van der Waals surface area (Å²) >= 11 is 5.73. The molecule has 1 rings (SSSR count). The van der Waals surface area contributed by atoms with Crippen molar-refractivity contribution < 1.29 is 23.1 Å². The number of nitrogens with zero attached hydrogens (tertiary/aromatic N) is 1. The number of hydrogen-bond acceptors (Lipinski definition) is 2. The van der Waals surface area contributed by atoms with Crippen LogP contribution in [0, 0.1) is 0 Å². The van der Waals surface area contributed by atoms with Crippen molar-refractivity contribution in [2.24, 2.45) is 0 Å². The molecule has 0 spiro atoms. The van der Waals surface area contributed by atoms with Crippen LogP contribution in [0.15, 0.2) is 24.3 Å². The van der Waals surface area contributed by atoms with Crippen molar-refractivity contribution in [3.8, 4) is 0 Å². The molecule has 1 aromatic rings. The monoisotopic (exact) mass is 309 g/mol. The lowest BCUT2D eigenvalue weighted by atomic mass is 10.1. The van der Waals surface area contributed by atoms with Gasteiger partial charge in [-0.1, -0.05) is 23.7 Å². The van der Waals surface area contributed by atoms with Gasteiger partial charge in [0.15, 0.2) is 0 Å². The predicted octanol–water partition coefficient (Wildman–Crippen LogP) is 3.22. The molecule has 0 aromatic heterocycles. The summed E-state index contributed by atoms with van der Waals surface area (Å²) in [6.45, 7) is -0.314. The average molecular weight is 310 g/mol. The Balaban J connectivity index is 2.73. The molecule has 1 unspecified atom stereocenters. The Labute approximate surface area is 120 Å². The van der Waals surface area contributed by atoms with Gasteiger partial charge in [0.1, 0.15) is 0 Å². The molecule has 0 amide bonds. The van der Waals surface area contributed by atoms with E-state index in [1.54, 1.807) is 31.2 Å². The predicted molar refractivity (Wildman–Crippen MR) is 69.9 cm³/mol. The number of carbonyl (C=O) groups is 1. The van der Waals surface area contributed by atoms with E-state index in [9.17, 15) is 18.0 Å². The van der Waals surface area contributed by atoms with Crippen LogP contribution in [0.2, 0.25) is 5.02 Å². The minimum atomic E-state index is -4.43. The van der Waals surface area contributed by atoms with Crippen LogP contribution in [0.3, 0.4) is 0 Å². The van der Waals surface area contributed by atoms with Gasteiger partial charge in [-0.3, -0.25) is 9.69 Å². The van der Waals surface area contributed by atoms with E-state index < -0.39 is 31.3 Å². The zero-order valence-corrected chi connectivity index (χ0v) is 11.6. The van der Waals surface area contributed by atoms with Crippen LogP contribution in [-0.2, 0) is 11.2 Å². The van der Waals surface area contributed by atoms with Crippen molar-refractivity contribution >= 4 is 17.6 Å². The van der Waals surface area contributed by atoms with Gasteiger partial charge in [0.05, 0.1) is 13.1 Å². The highest BCUT2D eigenvalue weighted by atomic mass is 35.5. The summed E-state index contributed by atoms with van der Waals surface area (Å²) in [6.07, 6.45) is -4.11. The second-order valence-electron chi connectivity index (χ2n) is 4.59. The lowest BCUT2D eigenvalue weighted by Crippen LogP contribution is -2.44. The Bertz CT molecular complexity index is 448. The molecule has 3 nitrogen and oxygen atoms in total. The van der Waals surface area contributed by atoms with E-state index in [-0.39, 0.29) is 0 Å². The average Bonchev–Trinajstić information content (AvgIpc) is 2.29. The number of rotatable bonds is 6. The standard InChI is InChI=1S/C13H15ClF3NO2/c1-9(6-10-2-4-11(14)5-3-10)18(7-12(19)20)8-13(15,16)17/h2-5,9H,6-8H2,1H3,(H,19,20). The number of benzene rings is 1. The number of alkyl halides is 3. The van der Waals surface area contributed by atoms with Gasteiger partial charge >= 0.3 is 12.1 Å². The molecule has 1 atom stereocenters. The van der Waals surface area contributed by atoms with Crippen LogP contribution in [-0.4, -0.2) is 41.3 Å². The van der Waals surface area contributed by atoms with Gasteiger partial charge in [0.25, 0.3) is 0 Å². The topological polar surface area (TPSA) is 40.5 Å². The fourth-order valence-corrected chi connectivity index (χ4v) is 1.99. The summed E-state index contributed by atoms with van der Waals surface area (Å²) < 4.78 is 37.4. The maximum atomic E-state index is 12.5. The lowest BCUT2D eigenvalue weighted by molar-refractivity contribution is -0.157. The molecule has 7 heteroatoms. The molecule has 0 heterocycles. The first-order valence-corrected chi connectivity index (χ1v) is 6.32. The van der Waals surface area contributed by atoms with Crippen molar-refractivity contribution in [2.45, 2.75) is 25.6 Å². The van der Waals surface area contributed by atoms with Crippen molar-refractivity contribution in [3.63, 3.8) is 0 Å². The normalized spacial score (nSPS) is 13.5. The van der Waals surface area contributed by atoms with E-state index in [1.165, 1.54) is 0 Å². The van der Waals surface area contributed by atoms with Crippen LogP contribution < -0.4 is 0 Å². The largest absolute Gasteiger partial charge is 0.480 e. The van der Waals surface area contributed by atoms with Gasteiger partial charge in [0.2, 0.25) is 0 Å². The van der Waals surface area contributed by atoms with Crippen molar-refractivity contribution in [1.82, 2.24) is 4.90 Å². The first-order chi connectivity index (χ1) is 9.17. The molecule has 20 heavy (non-hydrogen) atoms. The molecule has 0 radical (unpaired) electrons. The van der Waals surface area contributed by atoms with E-state index in [0.717, 1.165) is 10.5 Å². The van der Waals surface area contributed by atoms with Crippen LogP contribution in [0.1, 0.15) is 12.5 Å². The number of carboxylic acids is 1. The van der Waals surface area contributed by atoms with E-state index in [0.29, 0.717) is 11.4 Å². The zero-order valence-electron chi connectivity index (χ0n) is 10.8. The molecule has 0 fully saturated rings. The SMILES string of the molecule is CC(Cc1ccc(Cl)cc1)N(CC(=O)O)CC(F)(F)F. The van der Waals surface area contributed by atoms with E-state index in [4.69, 9.17) is 16.7 Å². The van der Waals surface area contributed by atoms with Crippen LogP contribution >= 0.6 is 11.6 Å². The summed E-state index contributed by atoms with van der Waals surface area (Å²) in [7, 11) is 0. The molecule has 0 saturated heterocycles. The van der Waals surface area contributed by atoms with Gasteiger partial charge in [-0.25, -0.2) is 0 Å². The molecule has 112 valence electrons. The molecule has 0 aliphatic carbocycles. The quantitative estimate of drug-likeness (QED) is 0.877. The van der Waals surface area contributed by atoms with E-state index >= 15 is 0 Å². The molecule has 1 N–H and O–H groups in total. The third kappa shape index (κ3) is 6.25. The summed E-state index contributed by atoms with van der Waals surface area (Å²) in [5.41, 5.74) is 0.805. The smallest absolute Gasteiger partial charge is 0.401 e. The third-order valence-electron chi connectivity index (χ3n) is 2.79. The zero-order chi connectivity index (χ0) is 15.3. The summed E-state index contributed by atoms with van der Waals surface area (Å²) in [4.78, 5) is 11.6. The van der Waals surface area contributed by atoms with Crippen molar-refractivity contribution in [1.29, 1.82) is 0 Å². The number of hydrogen-bond donors (Lipinski definition) is 1. The highest BCUT2D eigenvalue weighted by Gasteiger charge is 2.33. The summed E-state index contributed by atoms with van der Waals surface area (Å²) in [5, 5.41) is 9.25. The van der Waals surface area contributed by atoms with Gasteiger partial charge in [-0.2, -0.15) is 13.2 Å². The summed E-state index contributed by atoms with van der Waals surface area (Å²) in [5.74, 6) is -1.28. The Morgan fingerprint density at radius 1 is 1.35 bits per heavy atom. The molecule has 1 aromatic carbocycles. The van der Waals surface area contributed by atoms with Gasteiger partial charge < -0.3 is 5.11 Å². The van der Waals surface area contributed by atoms with Crippen LogP contribution in [0.25, 0.3) is 0 Å². The number of halogens is 4. The Morgan fingerprint density at radius 2 is 1.90 bits per heavy atom. The van der Waals surface area contributed by atoms with E-state index in [1.807, 2.05) is 0 Å². The second-order valence-corrected chi connectivity index (χ2v) is 5.03. The second kappa shape index (κ2) is 6.95. The first kappa shape index (κ1) is 16.8. The van der Waals surface area contributed by atoms with E-state index in [2.05, 4.69) is 0 Å². The van der Waals surface area contributed by atoms with Crippen LogP contribution in [0.4, 0.5) is 13.2 Å². The third-order valence-corrected chi connectivity index (χ3v) is 3.04. The van der Waals surface area contributed by atoms with Crippen molar-refractivity contribution in [3.05, 3.63) is 34.9 Å².